The molecule has 3 aromatic heterocycles. The van der Waals surface area contributed by atoms with E-state index < -0.39 is 0 Å². The van der Waals surface area contributed by atoms with Crippen LogP contribution in [0.15, 0.2) is 95.7 Å². The van der Waals surface area contributed by atoms with Gasteiger partial charge in [0.2, 0.25) is 0 Å². The summed E-state index contributed by atoms with van der Waals surface area (Å²) in [6.45, 7) is 0. The largest absolute Gasteiger partial charge is 0.377 e. The lowest BCUT2D eigenvalue weighted by Gasteiger charge is -2.19. The van der Waals surface area contributed by atoms with Gasteiger partial charge in [0, 0.05) is 37.2 Å². The second-order valence-corrected chi connectivity index (χ2v) is 13.0. The van der Waals surface area contributed by atoms with Gasteiger partial charge in [-0.15, -0.1) is 22.7 Å². The molecule has 2 N–H and O–H groups in total. The van der Waals surface area contributed by atoms with Crippen LogP contribution in [0.2, 0.25) is 0 Å². The molecule has 4 heteroatoms. The lowest BCUT2D eigenvalue weighted by Crippen LogP contribution is -2.20. The number of H-pyrrole nitrogens is 1. The normalized spacial score (nSPS) is 15.9. The first-order valence-corrected chi connectivity index (χ1v) is 16.1. The first-order chi connectivity index (χ1) is 20.8. The summed E-state index contributed by atoms with van der Waals surface area (Å²) < 4.78 is 0. The molecule has 0 fully saturated rings. The fourth-order valence-electron chi connectivity index (χ4n) is 6.79. The number of anilines is 1. The summed E-state index contributed by atoms with van der Waals surface area (Å²) in [5.41, 5.74) is 10.3. The van der Waals surface area contributed by atoms with Gasteiger partial charge in [-0.25, -0.2) is 0 Å². The highest BCUT2D eigenvalue weighted by Gasteiger charge is 2.33. The Bertz CT molecular complexity index is 2240. The van der Waals surface area contributed by atoms with Crippen LogP contribution in [-0.2, 0) is 6.42 Å². The molecular weight excluding hydrogens is 549 g/mol. The molecule has 1 aliphatic carbocycles. The molecule has 0 bridgehead atoms. The van der Waals surface area contributed by atoms with Crippen LogP contribution in [0.25, 0.3) is 68.4 Å². The maximum atomic E-state index is 3.95. The maximum absolute atomic E-state index is 3.95. The van der Waals surface area contributed by atoms with E-state index in [1.807, 2.05) is 0 Å². The third kappa shape index (κ3) is 3.76. The summed E-state index contributed by atoms with van der Waals surface area (Å²) in [6.07, 6.45) is 12.4. The van der Waals surface area contributed by atoms with Crippen molar-refractivity contribution >= 4 is 96.8 Å². The quantitative estimate of drug-likeness (QED) is 0.215. The Labute approximate surface area is 252 Å². The molecule has 0 saturated carbocycles. The zero-order valence-electron chi connectivity index (χ0n) is 22.7. The maximum Gasteiger partial charge on any atom is 0.0563 e. The number of thiophene rings is 2. The monoisotopic (exact) mass is 574 g/mol. The van der Waals surface area contributed by atoms with E-state index in [2.05, 4.69) is 136 Å². The number of aromatic amines is 1. The predicted molar refractivity (Wildman–Crippen MR) is 185 cm³/mol. The van der Waals surface area contributed by atoms with Gasteiger partial charge in [0.1, 0.15) is 0 Å². The molecular formula is C38H26N2S2. The van der Waals surface area contributed by atoms with Crippen LogP contribution in [0.1, 0.15) is 37.7 Å². The minimum absolute atomic E-state index is 0.253. The molecule has 1 unspecified atom stereocenters. The van der Waals surface area contributed by atoms with E-state index in [9.17, 15) is 0 Å². The molecule has 42 heavy (non-hydrogen) atoms. The van der Waals surface area contributed by atoms with Gasteiger partial charge >= 0.3 is 0 Å². The molecule has 0 amide bonds. The minimum atomic E-state index is 0.253. The van der Waals surface area contributed by atoms with E-state index in [1.165, 1.54) is 81.4 Å². The fraction of sp³-hybridized carbons (Fsp3) is 0.0526. The van der Waals surface area contributed by atoms with Crippen LogP contribution < -0.4 is 5.32 Å². The Kier molecular flexibility index (Phi) is 5.40. The summed E-state index contributed by atoms with van der Waals surface area (Å²) in [4.78, 5) is 6.40. The lowest BCUT2D eigenvalue weighted by molar-refractivity contribution is 0.900. The molecule has 200 valence electrons. The van der Waals surface area contributed by atoms with Crippen molar-refractivity contribution in [3.05, 3.63) is 133 Å². The number of nitrogens with one attached hydrogen (secondary N) is 2. The standard InChI is InChI=1S/C38H26N2S2/c1-3-11-29-27(9-1)23(13-15-25-7-5-17-41-25)19-33-31-21-36-32(22-35(31)39-37(29)33)34-20-24(14-16-26-8-6-18-42-26)28-10-2-4-12-30(28)38(34)40-36/h1-21,35,39-40H,22H2/b15-13+,16-14+. The summed E-state index contributed by atoms with van der Waals surface area (Å²) in [6, 6.07) is 31.2. The Morgan fingerprint density at radius 2 is 1.29 bits per heavy atom. The number of hydrogen-bond acceptors (Lipinski definition) is 3. The summed E-state index contributed by atoms with van der Waals surface area (Å²) in [5, 5.41) is 14.7. The Balaban J connectivity index is 1.20. The second kappa shape index (κ2) is 9.45. The van der Waals surface area contributed by atoms with Crippen LogP contribution >= 0.6 is 22.7 Å². The van der Waals surface area contributed by atoms with E-state index in [4.69, 9.17) is 0 Å². The number of benzene rings is 4. The van der Waals surface area contributed by atoms with Gasteiger partial charge in [-0.1, -0.05) is 72.8 Å². The van der Waals surface area contributed by atoms with Gasteiger partial charge in [0.05, 0.1) is 17.2 Å². The van der Waals surface area contributed by atoms with Gasteiger partial charge in [0.15, 0.2) is 0 Å². The number of hydrogen-bond donors (Lipinski definition) is 2. The van der Waals surface area contributed by atoms with Gasteiger partial charge in [0.25, 0.3) is 0 Å². The topological polar surface area (TPSA) is 27.8 Å². The second-order valence-electron chi connectivity index (χ2n) is 11.1. The number of rotatable bonds is 4. The molecule has 7 aromatic rings. The van der Waals surface area contributed by atoms with Crippen molar-refractivity contribution in [2.45, 2.75) is 12.5 Å². The van der Waals surface area contributed by atoms with Crippen LogP contribution in [-0.4, -0.2) is 11.0 Å². The van der Waals surface area contributed by atoms with E-state index in [0.29, 0.717) is 0 Å². The number of fused-ring (bicyclic) bond motifs is 10. The fourth-order valence-corrected chi connectivity index (χ4v) is 8.03. The predicted octanol–water partition coefficient (Wildman–Crippen LogP) is 10.8. The zero-order valence-corrected chi connectivity index (χ0v) is 24.4. The van der Waals surface area contributed by atoms with E-state index in [0.717, 1.165) is 6.42 Å². The van der Waals surface area contributed by atoms with Crippen molar-refractivity contribution in [3.63, 3.8) is 0 Å². The Morgan fingerprint density at radius 3 is 1.98 bits per heavy atom. The van der Waals surface area contributed by atoms with Crippen molar-refractivity contribution in [3.8, 4) is 0 Å². The van der Waals surface area contributed by atoms with Crippen molar-refractivity contribution < 1.29 is 0 Å². The van der Waals surface area contributed by atoms with E-state index in [-0.39, 0.29) is 6.04 Å². The third-order valence-electron chi connectivity index (χ3n) is 8.72. The molecule has 0 radical (unpaired) electrons. The highest BCUT2D eigenvalue weighted by molar-refractivity contribution is 7.11. The molecule has 9 rings (SSSR count). The van der Waals surface area contributed by atoms with Crippen molar-refractivity contribution in [2.75, 3.05) is 5.32 Å². The molecule has 0 spiro atoms. The van der Waals surface area contributed by atoms with Crippen LogP contribution in [0, 0.1) is 0 Å². The molecule has 2 aliphatic rings. The molecule has 4 aromatic carbocycles. The first-order valence-electron chi connectivity index (χ1n) is 14.3. The summed E-state index contributed by atoms with van der Waals surface area (Å²) in [7, 11) is 0. The summed E-state index contributed by atoms with van der Waals surface area (Å²) >= 11 is 3.54. The van der Waals surface area contributed by atoms with Gasteiger partial charge in [-0.2, -0.15) is 0 Å². The smallest absolute Gasteiger partial charge is 0.0563 e. The Morgan fingerprint density at radius 1 is 0.643 bits per heavy atom. The molecule has 1 aliphatic heterocycles. The van der Waals surface area contributed by atoms with Crippen molar-refractivity contribution in [1.29, 1.82) is 0 Å². The van der Waals surface area contributed by atoms with E-state index in [1.54, 1.807) is 22.7 Å². The molecule has 1 atom stereocenters. The molecule has 2 nitrogen and oxygen atoms in total. The van der Waals surface area contributed by atoms with Gasteiger partial charge in [-0.05, 0) is 92.7 Å². The molecule has 0 saturated heterocycles. The van der Waals surface area contributed by atoms with Crippen molar-refractivity contribution in [2.24, 2.45) is 0 Å². The average molecular weight is 575 g/mol. The SMILES string of the molecule is C1=C2c3cc(/C=C/c4cccs4)c4ccccc4c3NC2Cc2c1[nH]c1c2cc(/C=C/c2cccs2)c2ccccc21. The average Bonchev–Trinajstić information content (AvgIpc) is 3.84. The van der Waals surface area contributed by atoms with Crippen LogP contribution in [0.5, 0.6) is 0 Å². The highest BCUT2D eigenvalue weighted by Crippen LogP contribution is 2.47. The Hall–Kier alpha value is -4.64. The third-order valence-corrected chi connectivity index (χ3v) is 10.4. The van der Waals surface area contributed by atoms with E-state index >= 15 is 0 Å². The van der Waals surface area contributed by atoms with Crippen LogP contribution in [0.3, 0.4) is 0 Å². The number of aromatic nitrogens is 1. The molecule has 4 heterocycles. The van der Waals surface area contributed by atoms with Gasteiger partial charge < -0.3 is 10.3 Å². The first kappa shape index (κ1) is 24.0. The van der Waals surface area contributed by atoms with Crippen LogP contribution in [0.4, 0.5) is 5.69 Å². The van der Waals surface area contributed by atoms with Crippen molar-refractivity contribution in [1.82, 2.24) is 4.98 Å². The lowest BCUT2D eigenvalue weighted by atomic mass is 9.87. The minimum Gasteiger partial charge on any atom is -0.377 e. The zero-order chi connectivity index (χ0) is 27.6. The summed E-state index contributed by atoms with van der Waals surface area (Å²) in [5.74, 6) is 0. The van der Waals surface area contributed by atoms with Gasteiger partial charge in [-0.3, -0.25) is 0 Å². The highest BCUT2D eigenvalue weighted by atomic mass is 32.1.